The van der Waals surface area contributed by atoms with Crippen LogP contribution in [-0.4, -0.2) is 28.1 Å². The Hall–Kier alpha value is -1.97. The van der Waals surface area contributed by atoms with Crippen LogP contribution in [0.25, 0.3) is 0 Å². The molecular weight excluding hydrogens is 252 g/mol. The highest BCUT2D eigenvalue weighted by Gasteiger charge is 2.56. The van der Waals surface area contributed by atoms with Crippen molar-refractivity contribution in [3.63, 3.8) is 0 Å². The van der Waals surface area contributed by atoms with Gasteiger partial charge in [-0.3, -0.25) is 14.5 Å². The van der Waals surface area contributed by atoms with Gasteiger partial charge in [-0.05, 0) is 25.8 Å². The monoisotopic (exact) mass is 268 g/mol. The lowest BCUT2D eigenvalue weighted by atomic mass is 9.80. The van der Waals surface area contributed by atoms with Crippen LogP contribution in [0.5, 0.6) is 0 Å². The van der Waals surface area contributed by atoms with Crippen LogP contribution in [0.2, 0.25) is 0 Å². The topological polar surface area (TPSA) is 49.7 Å². The number of hydrogen-bond donors (Lipinski definition) is 0. The van der Waals surface area contributed by atoms with E-state index in [2.05, 4.69) is 4.99 Å². The van der Waals surface area contributed by atoms with Gasteiger partial charge >= 0.3 is 0 Å². The molecule has 1 aromatic carbocycles. The first-order chi connectivity index (χ1) is 9.63. The van der Waals surface area contributed by atoms with Crippen molar-refractivity contribution >= 4 is 17.6 Å². The zero-order valence-corrected chi connectivity index (χ0v) is 11.5. The Morgan fingerprint density at radius 2 is 1.85 bits per heavy atom. The minimum absolute atomic E-state index is 0.0461. The lowest BCUT2D eigenvalue weighted by Crippen LogP contribution is -2.53. The maximum atomic E-state index is 12.7. The number of fused-ring (bicyclic) bond motifs is 4. The molecule has 0 unspecified atom stereocenters. The van der Waals surface area contributed by atoms with Crippen molar-refractivity contribution in [1.29, 1.82) is 0 Å². The third kappa shape index (κ3) is 1.29. The number of rotatable bonds is 0. The SMILES string of the molecule is Cc1ccc2c(c1)C(=O)N1C2=NC(=O)C12CCCCC2. The second kappa shape index (κ2) is 3.78. The van der Waals surface area contributed by atoms with Crippen LogP contribution >= 0.6 is 0 Å². The molecule has 2 heterocycles. The van der Waals surface area contributed by atoms with Crippen LogP contribution in [0.3, 0.4) is 0 Å². The summed E-state index contributed by atoms with van der Waals surface area (Å²) in [6.45, 7) is 1.97. The van der Waals surface area contributed by atoms with E-state index in [0.717, 1.165) is 43.2 Å². The predicted molar refractivity (Wildman–Crippen MR) is 74.7 cm³/mol. The smallest absolute Gasteiger partial charge is 0.274 e. The number of benzene rings is 1. The summed E-state index contributed by atoms with van der Waals surface area (Å²) in [5, 5.41) is 0. The molecule has 1 spiro atoms. The summed E-state index contributed by atoms with van der Waals surface area (Å²) in [6, 6.07) is 5.78. The third-order valence-electron chi connectivity index (χ3n) is 4.78. The van der Waals surface area contributed by atoms with Crippen LogP contribution < -0.4 is 0 Å². The maximum Gasteiger partial charge on any atom is 0.274 e. The lowest BCUT2D eigenvalue weighted by molar-refractivity contribution is -0.126. The van der Waals surface area contributed by atoms with Gasteiger partial charge in [-0.25, -0.2) is 0 Å². The number of nitrogens with zero attached hydrogens (tertiary/aromatic N) is 2. The van der Waals surface area contributed by atoms with Crippen molar-refractivity contribution in [3.05, 3.63) is 34.9 Å². The van der Waals surface area contributed by atoms with Gasteiger partial charge in [-0.1, -0.05) is 37.0 Å². The van der Waals surface area contributed by atoms with E-state index in [4.69, 9.17) is 0 Å². The maximum absolute atomic E-state index is 12.7. The highest BCUT2D eigenvalue weighted by Crippen LogP contribution is 2.43. The predicted octanol–water partition coefficient (Wildman–Crippen LogP) is 2.44. The van der Waals surface area contributed by atoms with E-state index in [1.807, 2.05) is 25.1 Å². The summed E-state index contributed by atoms with van der Waals surface area (Å²) in [5.41, 5.74) is 1.89. The highest BCUT2D eigenvalue weighted by atomic mass is 16.2. The first kappa shape index (κ1) is 11.8. The molecule has 4 nitrogen and oxygen atoms in total. The molecule has 102 valence electrons. The van der Waals surface area contributed by atoms with Gasteiger partial charge in [-0.15, -0.1) is 0 Å². The van der Waals surface area contributed by atoms with Crippen molar-refractivity contribution in [1.82, 2.24) is 4.90 Å². The number of aliphatic imine (C=N–C) groups is 1. The van der Waals surface area contributed by atoms with Gasteiger partial charge in [0.05, 0.1) is 5.56 Å². The molecule has 0 bridgehead atoms. The summed E-state index contributed by atoms with van der Waals surface area (Å²) in [4.78, 5) is 31.1. The molecular formula is C16H16N2O2. The molecule has 0 N–H and O–H groups in total. The first-order valence-electron chi connectivity index (χ1n) is 7.22. The average Bonchev–Trinajstić information content (AvgIpc) is 2.87. The largest absolute Gasteiger partial charge is 0.276 e. The molecule has 2 aliphatic heterocycles. The molecule has 0 radical (unpaired) electrons. The van der Waals surface area contributed by atoms with Crippen LogP contribution in [0.1, 0.15) is 53.6 Å². The van der Waals surface area contributed by atoms with Crippen molar-refractivity contribution in [3.8, 4) is 0 Å². The van der Waals surface area contributed by atoms with E-state index in [-0.39, 0.29) is 11.8 Å². The Morgan fingerprint density at radius 1 is 1.10 bits per heavy atom. The quantitative estimate of drug-likeness (QED) is 0.725. The lowest BCUT2D eigenvalue weighted by Gasteiger charge is -2.37. The fourth-order valence-corrected chi connectivity index (χ4v) is 3.74. The van der Waals surface area contributed by atoms with E-state index >= 15 is 0 Å². The molecule has 0 atom stereocenters. The molecule has 20 heavy (non-hydrogen) atoms. The summed E-state index contributed by atoms with van der Waals surface area (Å²) in [7, 11) is 0. The Morgan fingerprint density at radius 3 is 2.60 bits per heavy atom. The van der Waals surface area contributed by atoms with Crippen LogP contribution in [-0.2, 0) is 4.79 Å². The summed E-state index contributed by atoms with van der Waals surface area (Å²) < 4.78 is 0. The van der Waals surface area contributed by atoms with Gasteiger partial charge in [0.2, 0.25) is 0 Å². The van der Waals surface area contributed by atoms with E-state index < -0.39 is 5.54 Å². The molecule has 0 saturated heterocycles. The van der Waals surface area contributed by atoms with Crippen LogP contribution in [0.4, 0.5) is 0 Å². The minimum Gasteiger partial charge on any atom is -0.276 e. The standard InChI is InChI=1S/C16H16N2O2/c1-10-5-6-11-12(9-10)14(19)18-13(11)17-15(20)16(18)7-3-2-4-8-16/h5-6,9H,2-4,7-8H2,1H3. The van der Waals surface area contributed by atoms with Crippen molar-refractivity contribution in [2.45, 2.75) is 44.6 Å². The van der Waals surface area contributed by atoms with Gasteiger partial charge in [0.15, 0.2) is 0 Å². The van der Waals surface area contributed by atoms with Gasteiger partial charge in [0.1, 0.15) is 11.4 Å². The Balaban J connectivity index is 1.88. The zero-order valence-electron chi connectivity index (χ0n) is 11.5. The van der Waals surface area contributed by atoms with Gasteiger partial charge in [-0.2, -0.15) is 4.99 Å². The minimum atomic E-state index is -0.683. The van der Waals surface area contributed by atoms with Gasteiger partial charge < -0.3 is 0 Å². The summed E-state index contributed by atoms with van der Waals surface area (Å²) >= 11 is 0. The Kier molecular flexibility index (Phi) is 2.23. The van der Waals surface area contributed by atoms with Crippen molar-refractivity contribution in [2.24, 2.45) is 4.99 Å². The molecule has 1 saturated carbocycles. The molecule has 2 amide bonds. The molecule has 4 heteroatoms. The third-order valence-corrected chi connectivity index (χ3v) is 4.78. The van der Waals surface area contributed by atoms with Crippen LogP contribution in [0, 0.1) is 6.92 Å². The van der Waals surface area contributed by atoms with Gasteiger partial charge in [0, 0.05) is 5.56 Å². The van der Waals surface area contributed by atoms with E-state index in [1.54, 1.807) is 4.90 Å². The second-order valence-corrected chi connectivity index (χ2v) is 6.02. The summed E-state index contributed by atoms with van der Waals surface area (Å²) in [5.74, 6) is 0.416. The molecule has 4 rings (SSSR count). The van der Waals surface area contributed by atoms with E-state index in [1.165, 1.54) is 0 Å². The molecule has 1 aliphatic carbocycles. The summed E-state index contributed by atoms with van der Waals surface area (Å²) in [6.07, 6.45) is 4.62. The second-order valence-electron chi connectivity index (χ2n) is 6.02. The number of amidine groups is 1. The van der Waals surface area contributed by atoms with E-state index in [0.29, 0.717) is 11.4 Å². The first-order valence-corrected chi connectivity index (χ1v) is 7.22. The zero-order chi connectivity index (χ0) is 13.9. The normalized spacial score (nSPS) is 23.1. The highest BCUT2D eigenvalue weighted by molar-refractivity contribution is 6.30. The molecule has 3 aliphatic rings. The number of aryl methyl sites for hydroxylation is 1. The molecule has 0 aromatic heterocycles. The average molecular weight is 268 g/mol. The Bertz CT molecular complexity index is 669. The van der Waals surface area contributed by atoms with Crippen LogP contribution in [0.15, 0.2) is 23.2 Å². The number of hydrogen-bond acceptors (Lipinski definition) is 2. The molecule has 1 aromatic rings. The van der Waals surface area contributed by atoms with Gasteiger partial charge in [0.25, 0.3) is 11.8 Å². The fraction of sp³-hybridized carbons (Fsp3) is 0.438. The number of carbonyl (C=O) groups is 2. The number of carbonyl (C=O) groups excluding carboxylic acids is 2. The number of amides is 2. The molecule has 1 fully saturated rings. The van der Waals surface area contributed by atoms with Crippen molar-refractivity contribution in [2.75, 3.05) is 0 Å². The fourth-order valence-electron chi connectivity index (χ4n) is 3.74. The van der Waals surface area contributed by atoms with E-state index in [9.17, 15) is 9.59 Å². The Labute approximate surface area is 117 Å². The van der Waals surface area contributed by atoms with Crippen molar-refractivity contribution < 1.29 is 9.59 Å².